The van der Waals surface area contributed by atoms with Gasteiger partial charge in [0, 0.05) is 18.6 Å². The molecule has 1 aromatic heterocycles. The first kappa shape index (κ1) is 17.8. The molecule has 2 aromatic carbocycles. The molecular formula is C19H19F2N3O2. The largest absolute Gasteiger partial charge is 0.488 e. The van der Waals surface area contributed by atoms with Crippen LogP contribution in [-0.2, 0) is 7.05 Å². The number of carbonyl (C=O) groups is 1. The average Bonchev–Trinajstić information content (AvgIpc) is 2.99. The highest BCUT2D eigenvalue weighted by molar-refractivity contribution is 6.07. The predicted octanol–water partition coefficient (Wildman–Crippen LogP) is 4.55. The second-order valence-corrected chi connectivity index (χ2v) is 6.19. The number of rotatable bonds is 5. The van der Waals surface area contributed by atoms with Crippen molar-refractivity contribution in [2.75, 3.05) is 5.32 Å². The summed E-state index contributed by atoms with van der Waals surface area (Å²) in [6.45, 7) is 3.76. The summed E-state index contributed by atoms with van der Waals surface area (Å²) in [4.78, 5) is 12.6. The molecule has 5 nitrogen and oxygen atoms in total. The van der Waals surface area contributed by atoms with Crippen LogP contribution in [0.4, 0.5) is 14.5 Å². The van der Waals surface area contributed by atoms with Crippen molar-refractivity contribution < 1.29 is 18.3 Å². The summed E-state index contributed by atoms with van der Waals surface area (Å²) >= 11 is 0. The number of aryl methyl sites for hydroxylation is 1. The number of hydrogen-bond acceptors (Lipinski definition) is 3. The third kappa shape index (κ3) is 3.51. The number of fused-ring (bicyclic) bond motifs is 1. The summed E-state index contributed by atoms with van der Waals surface area (Å²) in [7, 11) is 1.49. The molecule has 0 radical (unpaired) electrons. The molecular weight excluding hydrogens is 340 g/mol. The number of hydrogen-bond donors (Lipinski definition) is 1. The van der Waals surface area contributed by atoms with Crippen LogP contribution in [0.2, 0.25) is 0 Å². The van der Waals surface area contributed by atoms with E-state index >= 15 is 0 Å². The highest BCUT2D eigenvalue weighted by Gasteiger charge is 2.24. The Kier molecular flexibility index (Phi) is 4.88. The Morgan fingerprint density at radius 1 is 1.19 bits per heavy atom. The maximum Gasteiger partial charge on any atom is 0.282 e. The summed E-state index contributed by atoms with van der Waals surface area (Å²) in [6, 6.07) is 11.1. The number of halogens is 2. The van der Waals surface area contributed by atoms with Gasteiger partial charge in [-0.25, -0.2) is 8.78 Å². The molecule has 0 aliphatic heterocycles. The van der Waals surface area contributed by atoms with E-state index in [9.17, 15) is 13.6 Å². The Morgan fingerprint density at radius 3 is 2.62 bits per heavy atom. The van der Waals surface area contributed by atoms with Crippen molar-refractivity contribution in [2.45, 2.75) is 26.4 Å². The number of anilines is 1. The second-order valence-electron chi connectivity index (χ2n) is 6.19. The fourth-order valence-corrected chi connectivity index (χ4v) is 2.74. The Morgan fingerprint density at radius 2 is 1.92 bits per heavy atom. The zero-order chi connectivity index (χ0) is 18.8. The van der Waals surface area contributed by atoms with Crippen LogP contribution in [-0.4, -0.2) is 21.8 Å². The highest BCUT2D eigenvalue weighted by atomic mass is 19.3. The highest BCUT2D eigenvalue weighted by Crippen LogP contribution is 2.35. The molecule has 0 aliphatic carbocycles. The van der Waals surface area contributed by atoms with Crippen LogP contribution < -0.4 is 10.1 Å². The Balaban J connectivity index is 2.02. The number of amides is 1. The maximum absolute atomic E-state index is 13.1. The number of alkyl halides is 2. The van der Waals surface area contributed by atoms with Crippen molar-refractivity contribution in [3.63, 3.8) is 0 Å². The molecule has 0 fully saturated rings. The van der Waals surface area contributed by atoms with Gasteiger partial charge < -0.3 is 10.1 Å². The van der Waals surface area contributed by atoms with E-state index in [2.05, 4.69) is 10.4 Å². The van der Waals surface area contributed by atoms with E-state index in [1.165, 1.54) is 17.9 Å². The smallest absolute Gasteiger partial charge is 0.282 e. The molecule has 26 heavy (non-hydrogen) atoms. The van der Waals surface area contributed by atoms with E-state index in [1.54, 1.807) is 6.07 Å². The van der Waals surface area contributed by atoms with Gasteiger partial charge in [-0.3, -0.25) is 9.48 Å². The molecule has 0 aliphatic rings. The van der Waals surface area contributed by atoms with Gasteiger partial charge in [-0.05, 0) is 25.3 Å². The Hall–Kier alpha value is -2.96. The lowest BCUT2D eigenvalue weighted by atomic mass is 10.1. The van der Waals surface area contributed by atoms with Crippen LogP contribution in [0.5, 0.6) is 5.75 Å². The van der Waals surface area contributed by atoms with Gasteiger partial charge in [-0.15, -0.1) is 0 Å². The second kappa shape index (κ2) is 7.11. The number of nitrogens with one attached hydrogen (secondary N) is 1. The summed E-state index contributed by atoms with van der Waals surface area (Å²) in [5.74, 6) is -0.147. The lowest BCUT2D eigenvalue weighted by Gasteiger charge is -2.17. The number of nitrogens with zero attached hydrogens (tertiary/aromatic N) is 2. The summed E-state index contributed by atoms with van der Waals surface area (Å²) in [5, 5.41) is 8.14. The third-order valence-electron chi connectivity index (χ3n) is 3.79. The van der Waals surface area contributed by atoms with E-state index in [-0.39, 0.29) is 11.7 Å². The number of aromatic nitrogens is 2. The van der Waals surface area contributed by atoms with Crippen LogP contribution >= 0.6 is 0 Å². The first-order chi connectivity index (χ1) is 12.4. The molecule has 1 amide bonds. The zero-order valence-corrected chi connectivity index (χ0v) is 14.7. The first-order valence-electron chi connectivity index (χ1n) is 8.18. The lowest BCUT2D eigenvalue weighted by Crippen LogP contribution is -2.16. The minimum absolute atomic E-state index is 0.119. The van der Waals surface area contributed by atoms with Crippen molar-refractivity contribution in [2.24, 2.45) is 7.05 Å². The molecule has 1 heterocycles. The fourth-order valence-electron chi connectivity index (χ4n) is 2.74. The average molecular weight is 359 g/mol. The fraction of sp³-hybridized carbons (Fsp3) is 0.263. The topological polar surface area (TPSA) is 56.1 Å². The van der Waals surface area contributed by atoms with Gasteiger partial charge in [0.05, 0.1) is 17.4 Å². The summed E-state index contributed by atoms with van der Waals surface area (Å²) in [5.41, 5.74) is -0.283. The van der Waals surface area contributed by atoms with Crippen LogP contribution in [0, 0.1) is 0 Å². The predicted molar refractivity (Wildman–Crippen MR) is 95.8 cm³/mol. The normalized spacial score (nSPS) is 11.3. The maximum atomic E-state index is 13.1. The van der Waals surface area contributed by atoms with Crippen LogP contribution in [0.3, 0.4) is 0 Å². The van der Waals surface area contributed by atoms with Gasteiger partial charge in [-0.2, -0.15) is 5.10 Å². The SMILES string of the molecule is CC(C)Oc1c(NC(=O)c2cn(C)nc2C(F)F)ccc2ccccc12. The molecule has 0 saturated heterocycles. The van der Waals surface area contributed by atoms with Gasteiger partial charge in [0.15, 0.2) is 5.75 Å². The molecule has 1 N–H and O–H groups in total. The molecule has 3 rings (SSSR count). The minimum atomic E-state index is -2.83. The van der Waals surface area contributed by atoms with Crippen LogP contribution in [0.15, 0.2) is 42.6 Å². The van der Waals surface area contributed by atoms with Crippen molar-refractivity contribution in [3.05, 3.63) is 53.9 Å². The summed E-state index contributed by atoms with van der Waals surface area (Å²) < 4.78 is 33.3. The molecule has 0 spiro atoms. The summed E-state index contributed by atoms with van der Waals surface area (Å²) in [6.07, 6.45) is -1.67. The minimum Gasteiger partial charge on any atom is -0.488 e. The zero-order valence-electron chi connectivity index (χ0n) is 14.7. The standard InChI is InChI=1S/C19H19F2N3O2/c1-11(2)26-17-13-7-5-4-6-12(13)8-9-15(17)22-19(25)14-10-24(3)23-16(14)18(20)21/h4-11,18H,1-3H3,(H,22,25). The molecule has 0 unspecified atom stereocenters. The van der Waals surface area contributed by atoms with Crippen molar-refractivity contribution in [3.8, 4) is 5.75 Å². The van der Waals surface area contributed by atoms with E-state index in [4.69, 9.17) is 4.74 Å². The van der Waals surface area contributed by atoms with Crippen LogP contribution in [0.1, 0.15) is 36.3 Å². The van der Waals surface area contributed by atoms with Gasteiger partial charge in [0.25, 0.3) is 12.3 Å². The van der Waals surface area contributed by atoms with E-state index in [0.717, 1.165) is 10.8 Å². The number of carbonyl (C=O) groups excluding carboxylic acids is 1. The molecule has 3 aromatic rings. The lowest BCUT2D eigenvalue weighted by molar-refractivity contribution is 0.101. The van der Waals surface area contributed by atoms with Crippen molar-refractivity contribution >= 4 is 22.4 Å². The van der Waals surface area contributed by atoms with E-state index < -0.39 is 18.0 Å². The van der Waals surface area contributed by atoms with Crippen LogP contribution in [0.25, 0.3) is 10.8 Å². The molecule has 0 bridgehead atoms. The molecule has 136 valence electrons. The van der Waals surface area contributed by atoms with E-state index in [1.807, 2.05) is 44.2 Å². The monoisotopic (exact) mass is 359 g/mol. The first-order valence-corrected chi connectivity index (χ1v) is 8.18. The number of ether oxygens (including phenoxy) is 1. The van der Waals surface area contributed by atoms with E-state index in [0.29, 0.717) is 11.4 Å². The van der Waals surface area contributed by atoms with Gasteiger partial charge in [0.1, 0.15) is 5.69 Å². The number of benzene rings is 2. The van der Waals surface area contributed by atoms with Crippen molar-refractivity contribution in [1.82, 2.24) is 9.78 Å². The quantitative estimate of drug-likeness (QED) is 0.727. The third-order valence-corrected chi connectivity index (χ3v) is 3.79. The molecule has 0 saturated carbocycles. The van der Waals surface area contributed by atoms with Gasteiger partial charge in [0.2, 0.25) is 0 Å². The Bertz CT molecular complexity index is 951. The Labute approximate surface area is 149 Å². The molecule has 7 heteroatoms. The van der Waals surface area contributed by atoms with Gasteiger partial charge in [-0.1, -0.05) is 30.3 Å². The van der Waals surface area contributed by atoms with Crippen molar-refractivity contribution in [1.29, 1.82) is 0 Å². The van der Waals surface area contributed by atoms with Gasteiger partial charge >= 0.3 is 0 Å². The molecule has 0 atom stereocenters.